The quantitative estimate of drug-likeness (QED) is 0.733. The van der Waals surface area contributed by atoms with Gasteiger partial charge in [-0.25, -0.2) is 9.18 Å². The summed E-state index contributed by atoms with van der Waals surface area (Å²) < 4.78 is 26.8. The van der Waals surface area contributed by atoms with Crippen molar-refractivity contribution in [3.8, 4) is 11.3 Å². The second-order valence-corrected chi connectivity index (χ2v) is 9.87. The molecule has 1 fully saturated rings. The summed E-state index contributed by atoms with van der Waals surface area (Å²) in [5.41, 5.74) is 7.39. The molecule has 184 valence electrons. The predicted octanol–water partition coefficient (Wildman–Crippen LogP) is 2.72. The Labute approximate surface area is 198 Å². The van der Waals surface area contributed by atoms with Crippen molar-refractivity contribution in [3.05, 3.63) is 40.8 Å². The van der Waals surface area contributed by atoms with Crippen LogP contribution in [-0.2, 0) is 16.0 Å². The highest BCUT2D eigenvalue weighted by molar-refractivity contribution is 6.00. The van der Waals surface area contributed by atoms with Crippen molar-refractivity contribution in [1.82, 2.24) is 19.6 Å². The molecule has 0 radical (unpaired) electrons. The largest absolute Gasteiger partial charge is 0.444 e. The molecule has 2 amide bonds. The summed E-state index contributed by atoms with van der Waals surface area (Å²) in [6.07, 6.45) is -0.457. The molecule has 4 rings (SSSR count). The van der Waals surface area contributed by atoms with Gasteiger partial charge in [0, 0.05) is 31.7 Å². The van der Waals surface area contributed by atoms with Gasteiger partial charge in [-0.3, -0.25) is 14.4 Å². The van der Waals surface area contributed by atoms with Crippen LogP contribution in [-0.4, -0.2) is 76.6 Å². The first-order valence-electron chi connectivity index (χ1n) is 11.5. The molecule has 1 saturated heterocycles. The molecule has 10 heteroatoms. The van der Waals surface area contributed by atoms with E-state index in [1.165, 1.54) is 6.07 Å². The second-order valence-electron chi connectivity index (χ2n) is 9.87. The topological polar surface area (TPSA) is 103 Å². The molecule has 2 aliphatic rings. The number of rotatable bonds is 4. The Bertz CT molecular complexity index is 1090. The normalized spacial score (nSPS) is 19.1. The summed E-state index contributed by atoms with van der Waals surface area (Å²) in [7, 11) is 0. The van der Waals surface area contributed by atoms with Crippen molar-refractivity contribution < 1.29 is 23.5 Å². The van der Waals surface area contributed by atoms with Gasteiger partial charge in [0.1, 0.15) is 17.1 Å². The SMILES string of the molecule is Cc1cc(-c2nn3c(c2C(N)=O)CN(C(=O)OC(C)(C)C)CC3CN2CCOCC2)ccc1F. The van der Waals surface area contributed by atoms with E-state index in [-0.39, 0.29) is 24.0 Å². The number of carbonyl (C=O) groups excluding carboxylic acids is 2. The van der Waals surface area contributed by atoms with E-state index in [1.54, 1.807) is 24.0 Å². The number of aryl methyl sites for hydroxylation is 1. The Balaban J connectivity index is 1.77. The number of nitrogens with two attached hydrogens (primary N) is 1. The van der Waals surface area contributed by atoms with Gasteiger partial charge in [-0.15, -0.1) is 0 Å². The molecule has 2 aromatic rings. The van der Waals surface area contributed by atoms with Crippen molar-refractivity contribution >= 4 is 12.0 Å². The third-order valence-electron chi connectivity index (χ3n) is 6.03. The van der Waals surface area contributed by atoms with E-state index >= 15 is 0 Å². The van der Waals surface area contributed by atoms with Gasteiger partial charge in [0.2, 0.25) is 0 Å². The van der Waals surface area contributed by atoms with Gasteiger partial charge in [-0.05, 0) is 51.5 Å². The molecule has 1 aromatic heterocycles. The van der Waals surface area contributed by atoms with E-state index in [2.05, 4.69) is 4.90 Å². The van der Waals surface area contributed by atoms with Gasteiger partial charge in [0.15, 0.2) is 0 Å². The molecular formula is C24H32FN5O4. The highest BCUT2D eigenvalue weighted by Gasteiger charge is 2.37. The maximum absolute atomic E-state index is 13.9. The molecule has 0 saturated carbocycles. The third-order valence-corrected chi connectivity index (χ3v) is 6.03. The zero-order valence-electron chi connectivity index (χ0n) is 20.1. The Kier molecular flexibility index (Phi) is 6.64. The van der Waals surface area contributed by atoms with Crippen LogP contribution < -0.4 is 5.73 Å². The van der Waals surface area contributed by atoms with Gasteiger partial charge in [-0.2, -0.15) is 5.10 Å². The van der Waals surface area contributed by atoms with Crippen LogP contribution in [0.1, 0.15) is 48.4 Å². The number of benzene rings is 1. The number of aromatic nitrogens is 2. The van der Waals surface area contributed by atoms with E-state index in [0.717, 1.165) is 13.1 Å². The number of carbonyl (C=O) groups is 2. The van der Waals surface area contributed by atoms with Gasteiger partial charge in [0.05, 0.1) is 37.1 Å². The number of hydrogen-bond acceptors (Lipinski definition) is 6. The van der Waals surface area contributed by atoms with Crippen molar-refractivity contribution in [3.63, 3.8) is 0 Å². The summed E-state index contributed by atoms with van der Waals surface area (Å²) in [5.74, 6) is -0.982. The van der Waals surface area contributed by atoms with Crippen molar-refractivity contribution in [2.75, 3.05) is 39.4 Å². The Morgan fingerprint density at radius 1 is 1.26 bits per heavy atom. The van der Waals surface area contributed by atoms with E-state index in [9.17, 15) is 14.0 Å². The predicted molar refractivity (Wildman–Crippen MR) is 124 cm³/mol. The molecule has 3 heterocycles. The molecule has 1 unspecified atom stereocenters. The zero-order chi connectivity index (χ0) is 24.6. The lowest BCUT2D eigenvalue weighted by Gasteiger charge is -2.38. The standard InChI is InChI=1S/C24H32FN5O4/c1-15-11-16(5-6-18(15)25)21-20(22(26)31)19-14-29(23(32)34-24(2,3)4)13-17(30(19)27-21)12-28-7-9-33-10-8-28/h5-6,11,17H,7-10,12-14H2,1-4H3,(H2,26,31). The van der Waals surface area contributed by atoms with Crippen molar-refractivity contribution in [2.45, 2.75) is 45.9 Å². The van der Waals surface area contributed by atoms with Crippen LogP contribution in [0, 0.1) is 12.7 Å². The Hall–Kier alpha value is -2.98. The van der Waals surface area contributed by atoms with Crippen LogP contribution in [0.4, 0.5) is 9.18 Å². The molecule has 1 atom stereocenters. The number of halogens is 1. The monoisotopic (exact) mass is 473 g/mol. The van der Waals surface area contributed by atoms with Gasteiger partial charge in [-0.1, -0.05) is 0 Å². The second kappa shape index (κ2) is 9.34. The summed E-state index contributed by atoms with van der Waals surface area (Å²) in [5, 5.41) is 4.78. The number of morpholine rings is 1. The van der Waals surface area contributed by atoms with Crippen molar-refractivity contribution in [1.29, 1.82) is 0 Å². The molecule has 1 aromatic carbocycles. The fourth-order valence-electron chi connectivity index (χ4n) is 4.44. The van der Waals surface area contributed by atoms with Crippen LogP contribution in [0.15, 0.2) is 18.2 Å². The van der Waals surface area contributed by atoms with Crippen LogP contribution >= 0.6 is 0 Å². The lowest BCUT2D eigenvalue weighted by molar-refractivity contribution is 0.00566. The fraction of sp³-hybridized carbons (Fsp3) is 0.542. The average Bonchev–Trinajstić information content (AvgIpc) is 3.15. The number of amides is 2. The highest BCUT2D eigenvalue weighted by Crippen LogP contribution is 2.33. The molecule has 0 spiro atoms. The van der Waals surface area contributed by atoms with E-state index in [0.29, 0.717) is 48.8 Å². The summed E-state index contributed by atoms with van der Waals surface area (Å²) in [4.78, 5) is 29.4. The number of hydrogen-bond donors (Lipinski definition) is 1. The molecule has 2 N–H and O–H groups in total. The maximum Gasteiger partial charge on any atom is 0.410 e. The van der Waals surface area contributed by atoms with Gasteiger partial charge >= 0.3 is 6.09 Å². The van der Waals surface area contributed by atoms with Crippen LogP contribution in [0.3, 0.4) is 0 Å². The molecular weight excluding hydrogens is 441 g/mol. The van der Waals surface area contributed by atoms with E-state index < -0.39 is 17.6 Å². The lowest BCUT2D eigenvalue weighted by Crippen LogP contribution is -2.48. The molecule has 2 aliphatic heterocycles. The Morgan fingerprint density at radius 2 is 1.97 bits per heavy atom. The van der Waals surface area contributed by atoms with Crippen LogP contribution in [0.25, 0.3) is 11.3 Å². The minimum atomic E-state index is -0.655. The minimum absolute atomic E-state index is 0.139. The summed E-state index contributed by atoms with van der Waals surface area (Å²) in [6.45, 7) is 11.1. The minimum Gasteiger partial charge on any atom is -0.444 e. The number of ether oxygens (including phenoxy) is 2. The first-order chi connectivity index (χ1) is 16.0. The van der Waals surface area contributed by atoms with E-state index in [1.807, 2.05) is 25.5 Å². The van der Waals surface area contributed by atoms with Crippen molar-refractivity contribution in [2.24, 2.45) is 5.73 Å². The van der Waals surface area contributed by atoms with E-state index in [4.69, 9.17) is 20.3 Å². The Morgan fingerprint density at radius 3 is 2.59 bits per heavy atom. The fourth-order valence-corrected chi connectivity index (χ4v) is 4.44. The van der Waals surface area contributed by atoms with Gasteiger partial charge in [0.25, 0.3) is 5.91 Å². The molecule has 9 nitrogen and oxygen atoms in total. The van der Waals surface area contributed by atoms with Crippen LogP contribution in [0.5, 0.6) is 0 Å². The van der Waals surface area contributed by atoms with Crippen LogP contribution in [0.2, 0.25) is 0 Å². The molecule has 0 bridgehead atoms. The number of nitrogens with zero attached hydrogens (tertiary/aromatic N) is 4. The highest BCUT2D eigenvalue weighted by atomic mass is 19.1. The first kappa shape index (κ1) is 24.2. The zero-order valence-corrected chi connectivity index (χ0v) is 20.1. The lowest BCUT2D eigenvalue weighted by atomic mass is 10.0. The first-order valence-corrected chi connectivity index (χ1v) is 11.5. The summed E-state index contributed by atoms with van der Waals surface area (Å²) >= 11 is 0. The number of primary amides is 1. The third kappa shape index (κ3) is 5.07. The summed E-state index contributed by atoms with van der Waals surface area (Å²) in [6, 6.07) is 4.37. The molecule has 34 heavy (non-hydrogen) atoms. The molecule has 0 aliphatic carbocycles. The van der Waals surface area contributed by atoms with Gasteiger partial charge < -0.3 is 20.1 Å². The average molecular weight is 474 g/mol. The maximum atomic E-state index is 13.9. The smallest absolute Gasteiger partial charge is 0.410 e. The number of fused-ring (bicyclic) bond motifs is 1.